The molecule has 0 bridgehead atoms. The van der Waals surface area contributed by atoms with Crippen molar-refractivity contribution < 1.29 is 23.1 Å². The lowest BCUT2D eigenvalue weighted by molar-refractivity contribution is -0.142. The van der Waals surface area contributed by atoms with E-state index in [2.05, 4.69) is 0 Å². The van der Waals surface area contributed by atoms with Gasteiger partial charge in [-0.15, -0.1) is 0 Å². The highest BCUT2D eigenvalue weighted by atomic mass is 32.2. The fourth-order valence-corrected chi connectivity index (χ4v) is 5.87. The normalized spacial score (nSPS) is 26.6. The SMILES string of the molecule is CCCC[C@@H](O)[C@@]1(S(=O)(=O)c2ccccc2)C=CC(C)(CC(=O)OC)C1. The van der Waals surface area contributed by atoms with Crippen LogP contribution in [0.1, 0.15) is 46.0 Å². The number of carbonyl (C=O) groups is 1. The summed E-state index contributed by atoms with van der Waals surface area (Å²) in [4.78, 5) is 12.0. The molecule has 1 unspecified atom stereocenters. The molecule has 1 aliphatic rings. The van der Waals surface area contributed by atoms with Gasteiger partial charge < -0.3 is 9.84 Å². The number of sulfone groups is 1. The Morgan fingerprint density at radius 3 is 2.50 bits per heavy atom. The molecule has 1 aromatic rings. The quantitative estimate of drug-likeness (QED) is 0.553. The van der Waals surface area contributed by atoms with Crippen LogP contribution in [-0.2, 0) is 19.4 Å². The van der Waals surface area contributed by atoms with E-state index in [-0.39, 0.29) is 17.7 Å². The van der Waals surface area contributed by atoms with Crippen molar-refractivity contribution in [2.45, 2.75) is 61.7 Å². The first-order valence-corrected chi connectivity index (χ1v) is 10.4. The molecule has 6 heteroatoms. The van der Waals surface area contributed by atoms with E-state index in [4.69, 9.17) is 4.74 Å². The van der Waals surface area contributed by atoms with Gasteiger partial charge in [-0.3, -0.25) is 4.79 Å². The van der Waals surface area contributed by atoms with Crippen LogP contribution in [0.3, 0.4) is 0 Å². The number of methoxy groups -OCH3 is 1. The molecule has 3 atom stereocenters. The Hall–Kier alpha value is -1.66. The zero-order valence-corrected chi connectivity index (χ0v) is 16.5. The lowest BCUT2D eigenvalue weighted by Gasteiger charge is -2.36. The van der Waals surface area contributed by atoms with E-state index in [9.17, 15) is 18.3 Å². The van der Waals surface area contributed by atoms with Crippen LogP contribution in [0, 0.1) is 5.41 Å². The van der Waals surface area contributed by atoms with Gasteiger partial charge in [0, 0.05) is 0 Å². The largest absolute Gasteiger partial charge is 0.469 e. The van der Waals surface area contributed by atoms with Crippen molar-refractivity contribution in [3.8, 4) is 0 Å². The maximum Gasteiger partial charge on any atom is 0.306 e. The second-order valence-corrected chi connectivity index (χ2v) is 9.58. The Bertz CT molecular complexity index is 756. The number of allylic oxidation sites excluding steroid dienone is 1. The number of aliphatic hydroxyl groups excluding tert-OH is 1. The maximum absolute atomic E-state index is 13.5. The average Bonchev–Trinajstić information content (AvgIpc) is 2.99. The van der Waals surface area contributed by atoms with Gasteiger partial charge in [-0.2, -0.15) is 0 Å². The molecule has 2 rings (SSSR count). The van der Waals surface area contributed by atoms with Crippen molar-refractivity contribution in [1.82, 2.24) is 0 Å². The highest BCUT2D eigenvalue weighted by molar-refractivity contribution is 7.93. The van der Waals surface area contributed by atoms with Gasteiger partial charge in [0.15, 0.2) is 9.84 Å². The number of ether oxygens (including phenoxy) is 1. The fraction of sp³-hybridized carbons (Fsp3) is 0.550. The van der Waals surface area contributed by atoms with Gasteiger partial charge in [-0.1, -0.05) is 57.0 Å². The van der Waals surface area contributed by atoms with Crippen LogP contribution in [0.2, 0.25) is 0 Å². The lowest BCUT2D eigenvalue weighted by atomic mass is 9.82. The first-order valence-electron chi connectivity index (χ1n) is 8.96. The van der Waals surface area contributed by atoms with Crippen LogP contribution in [0.15, 0.2) is 47.4 Å². The van der Waals surface area contributed by atoms with Crippen LogP contribution in [-0.4, -0.2) is 37.5 Å². The Balaban J connectivity index is 2.47. The molecule has 1 N–H and O–H groups in total. The summed E-state index contributed by atoms with van der Waals surface area (Å²) in [6, 6.07) is 8.20. The first kappa shape index (κ1) is 20.6. The van der Waals surface area contributed by atoms with Crippen molar-refractivity contribution in [2.75, 3.05) is 7.11 Å². The molecule has 0 radical (unpaired) electrons. The van der Waals surface area contributed by atoms with E-state index < -0.39 is 32.1 Å². The zero-order chi connectivity index (χ0) is 19.4. The number of aliphatic hydroxyl groups is 1. The highest BCUT2D eigenvalue weighted by Crippen LogP contribution is 2.49. The van der Waals surface area contributed by atoms with Crippen LogP contribution in [0.4, 0.5) is 0 Å². The lowest BCUT2D eigenvalue weighted by Crippen LogP contribution is -2.48. The summed E-state index contributed by atoms with van der Waals surface area (Å²) in [5.41, 5.74) is -0.678. The first-order chi connectivity index (χ1) is 12.2. The molecule has 0 spiro atoms. The number of esters is 1. The monoisotopic (exact) mass is 380 g/mol. The van der Waals surface area contributed by atoms with Crippen molar-refractivity contribution in [1.29, 1.82) is 0 Å². The van der Waals surface area contributed by atoms with Crippen molar-refractivity contribution in [3.63, 3.8) is 0 Å². The molecule has 0 saturated heterocycles. The van der Waals surface area contributed by atoms with E-state index >= 15 is 0 Å². The van der Waals surface area contributed by atoms with E-state index in [0.717, 1.165) is 12.8 Å². The Morgan fingerprint density at radius 1 is 1.27 bits per heavy atom. The molecule has 144 valence electrons. The number of benzene rings is 1. The molecule has 0 aliphatic heterocycles. The second kappa shape index (κ2) is 7.92. The molecule has 0 amide bonds. The third-order valence-corrected chi connectivity index (χ3v) is 7.62. The molecule has 0 saturated carbocycles. The van der Waals surface area contributed by atoms with Crippen LogP contribution in [0.25, 0.3) is 0 Å². The molecule has 0 fully saturated rings. The van der Waals surface area contributed by atoms with Crippen LogP contribution in [0.5, 0.6) is 0 Å². The van der Waals surface area contributed by atoms with E-state index in [1.54, 1.807) is 42.5 Å². The van der Waals surface area contributed by atoms with Gasteiger partial charge in [0.05, 0.1) is 24.5 Å². The summed E-state index contributed by atoms with van der Waals surface area (Å²) in [6.07, 6.45) is 4.52. The molecule has 0 heterocycles. The summed E-state index contributed by atoms with van der Waals surface area (Å²) in [5.74, 6) is -0.395. The van der Waals surface area contributed by atoms with Crippen LogP contribution >= 0.6 is 0 Å². The molecule has 1 aliphatic carbocycles. The van der Waals surface area contributed by atoms with E-state index in [1.807, 2.05) is 13.8 Å². The summed E-state index contributed by atoms with van der Waals surface area (Å²) in [7, 11) is -2.52. The zero-order valence-electron chi connectivity index (χ0n) is 15.6. The topological polar surface area (TPSA) is 80.7 Å². The minimum atomic E-state index is -3.83. The Labute approximate surface area is 156 Å². The van der Waals surface area contributed by atoms with Crippen LogP contribution < -0.4 is 0 Å². The highest BCUT2D eigenvalue weighted by Gasteiger charge is 2.55. The smallest absolute Gasteiger partial charge is 0.306 e. The number of carbonyl (C=O) groups excluding carboxylic acids is 1. The van der Waals surface area contributed by atoms with Gasteiger partial charge in [0.2, 0.25) is 0 Å². The van der Waals surface area contributed by atoms with E-state index in [0.29, 0.717) is 6.42 Å². The van der Waals surface area contributed by atoms with Gasteiger partial charge in [0.1, 0.15) is 4.75 Å². The molecule has 1 aromatic carbocycles. The summed E-state index contributed by atoms with van der Waals surface area (Å²) >= 11 is 0. The number of rotatable bonds is 8. The number of hydrogen-bond acceptors (Lipinski definition) is 5. The van der Waals surface area contributed by atoms with Gasteiger partial charge >= 0.3 is 5.97 Å². The maximum atomic E-state index is 13.5. The summed E-state index contributed by atoms with van der Waals surface area (Å²) in [6.45, 7) is 3.83. The number of hydrogen-bond donors (Lipinski definition) is 1. The molecule has 0 aromatic heterocycles. The standard InChI is InChI=1S/C20H28O5S/c1-4-5-11-17(21)20(26(23,24)16-9-7-6-8-10-16)13-12-19(2,15-20)14-18(22)25-3/h6-10,12-13,17,21H,4-5,11,14-15H2,1-3H3/t17-,19?,20-/m1/s1. The fourth-order valence-electron chi connectivity index (χ4n) is 3.67. The summed E-state index contributed by atoms with van der Waals surface area (Å²) in [5, 5.41) is 10.9. The third kappa shape index (κ3) is 3.86. The minimum Gasteiger partial charge on any atom is -0.469 e. The number of unbranched alkanes of at least 4 members (excludes halogenated alkanes) is 1. The van der Waals surface area contributed by atoms with Crippen molar-refractivity contribution in [2.24, 2.45) is 5.41 Å². The predicted octanol–water partition coefficient (Wildman–Crippen LogP) is 3.28. The average molecular weight is 381 g/mol. The Kier molecular flexibility index (Phi) is 6.29. The molecular weight excluding hydrogens is 352 g/mol. The molecular formula is C20H28O5S. The second-order valence-electron chi connectivity index (χ2n) is 7.35. The van der Waals surface area contributed by atoms with Gasteiger partial charge in [-0.05, 0) is 30.4 Å². The van der Waals surface area contributed by atoms with Gasteiger partial charge in [-0.25, -0.2) is 8.42 Å². The Morgan fingerprint density at radius 2 is 1.92 bits per heavy atom. The predicted molar refractivity (Wildman–Crippen MR) is 100 cm³/mol. The minimum absolute atomic E-state index is 0.0759. The summed E-state index contributed by atoms with van der Waals surface area (Å²) < 4.78 is 30.3. The van der Waals surface area contributed by atoms with Gasteiger partial charge in [0.25, 0.3) is 0 Å². The molecule has 26 heavy (non-hydrogen) atoms. The van der Waals surface area contributed by atoms with Crippen molar-refractivity contribution in [3.05, 3.63) is 42.5 Å². The molecule has 5 nitrogen and oxygen atoms in total. The van der Waals surface area contributed by atoms with Crippen molar-refractivity contribution >= 4 is 15.8 Å². The third-order valence-electron chi connectivity index (χ3n) is 5.17. The van der Waals surface area contributed by atoms with E-state index in [1.165, 1.54) is 7.11 Å².